The van der Waals surface area contributed by atoms with Gasteiger partial charge in [-0.05, 0) is 18.1 Å². The fraction of sp³-hybridized carbons (Fsp3) is 0.308. The highest BCUT2D eigenvalue weighted by Crippen LogP contribution is 2.20. The molecule has 2 rings (SSSR count). The van der Waals surface area contributed by atoms with Gasteiger partial charge in [0.1, 0.15) is 0 Å². The predicted molar refractivity (Wildman–Crippen MR) is 77.8 cm³/mol. The molecule has 0 radical (unpaired) electrons. The van der Waals surface area contributed by atoms with Gasteiger partial charge < -0.3 is 10.6 Å². The van der Waals surface area contributed by atoms with Crippen molar-refractivity contribution in [1.82, 2.24) is 10.2 Å². The second-order valence-electron chi connectivity index (χ2n) is 4.02. The maximum absolute atomic E-state index is 12.1. The second kappa shape index (κ2) is 6.29. The Morgan fingerprint density at radius 3 is 2.79 bits per heavy atom. The van der Waals surface area contributed by atoms with Crippen molar-refractivity contribution < 1.29 is 4.79 Å². The highest BCUT2D eigenvalue weighted by atomic mass is 32.1. The third kappa shape index (κ3) is 3.29. The minimum absolute atomic E-state index is 0.220. The van der Waals surface area contributed by atoms with Crippen LogP contribution in [0, 0.1) is 0 Å². The quantitative estimate of drug-likeness (QED) is 0.881. The van der Waals surface area contributed by atoms with Gasteiger partial charge in [0.2, 0.25) is 10.1 Å². The molecule has 1 heterocycles. The van der Waals surface area contributed by atoms with Gasteiger partial charge in [-0.2, -0.15) is 0 Å². The SMILES string of the molecule is CCCc1ccccc1NC(=O)c1nnc(NC)s1. The van der Waals surface area contributed by atoms with Crippen LogP contribution < -0.4 is 10.6 Å². The van der Waals surface area contributed by atoms with Crippen LogP contribution in [0.2, 0.25) is 0 Å². The maximum atomic E-state index is 12.1. The van der Waals surface area contributed by atoms with Crippen LogP contribution in [0.15, 0.2) is 24.3 Å². The minimum atomic E-state index is -0.220. The van der Waals surface area contributed by atoms with Gasteiger partial charge >= 0.3 is 0 Å². The molecule has 2 aromatic rings. The lowest BCUT2D eigenvalue weighted by Crippen LogP contribution is -2.13. The number of carbonyl (C=O) groups is 1. The lowest BCUT2D eigenvalue weighted by Gasteiger charge is -2.08. The van der Waals surface area contributed by atoms with E-state index in [2.05, 4.69) is 27.8 Å². The number of nitrogens with zero attached hydrogens (tertiary/aromatic N) is 2. The average Bonchev–Trinajstić information content (AvgIpc) is 2.90. The Morgan fingerprint density at radius 1 is 1.32 bits per heavy atom. The van der Waals surface area contributed by atoms with Gasteiger partial charge in [0.15, 0.2) is 0 Å². The average molecular weight is 276 g/mol. The first-order chi connectivity index (χ1) is 9.24. The van der Waals surface area contributed by atoms with Crippen LogP contribution in [0.3, 0.4) is 0 Å². The molecular formula is C13H16N4OS. The molecule has 6 heteroatoms. The molecule has 0 unspecified atom stereocenters. The molecular weight excluding hydrogens is 260 g/mol. The monoisotopic (exact) mass is 276 g/mol. The predicted octanol–water partition coefficient (Wildman–Crippen LogP) is 2.78. The molecule has 1 aromatic heterocycles. The van der Waals surface area contributed by atoms with Crippen molar-refractivity contribution in [3.05, 3.63) is 34.8 Å². The highest BCUT2D eigenvalue weighted by Gasteiger charge is 2.13. The van der Waals surface area contributed by atoms with E-state index in [1.165, 1.54) is 11.3 Å². The van der Waals surface area contributed by atoms with Crippen LogP contribution in [-0.4, -0.2) is 23.2 Å². The molecule has 100 valence electrons. The molecule has 0 aliphatic heterocycles. The van der Waals surface area contributed by atoms with E-state index >= 15 is 0 Å². The molecule has 0 atom stereocenters. The zero-order valence-electron chi connectivity index (χ0n) is 10.9. The van der Waals surface area contributed by atoms with Crippen molar-refractivity contribution in [2.45, 2.75) is 19.8 Å². The molecule has 5 nitrogen and oxygen atoms in total. The molecule has 0 aliphatic carbocycles. The van der Waals surface area contributed by atoms with Gasteiger partial charge in [-0.15, -0.1) is 10.2 Å². The van der Waals surface area contributed by atoms with Gasteiger partial charge in [-0.3, -0.25) is 4.79 Å². The third-order valence-electron chi connectivity index (χ3n) is 2.62. The number of aryl methyl sites for hydroxylation is 1. The first kappa shape index (κ1) is 13.5. The zero-order valence-corrected chi connectivity index (χ0v) is 11.8. The summed E-state index contributed by atoms with van der Waals surface area (Å²) in [7, 11) is 1.75. The van der Waals surface area contributed by atoms with Gasteiger partial charge in [0.05, 0.1) is 0 Å². The number of rotatable bonds is 5. The van der Waals surface area contributed by atoms with E-state index in [9.17, 15) is 4.79 Å². The summed E-state index contributed by atoms with van der Waals surface area (Å²) in [5.41, 5.74) is 1.98. The van der Waals surface area contributed by atoms with E-state index < -0.39 is 0 Å². The Balaban J connectivity index is 2.14. The summed E-state index contributed by atoms with van der Waals surface area (Å²) in [6.45, 7) is 2.11. The van der Waals surface area contributed by atoms with Crippen LogP contribution in [0.4, 0.5) is 10.8 Å². The Bertz CT molecular complexity index is 567. The van der Waals surface area contributed by atoms with Crippen LogP contribution in [0.25, 0.3) is 0 Å². The second-order valence-corrected chi connectivity index (χ2v) is 5.00. The summed E-state index contributed by atoms with van der Waals surface area (Å²) in [6.07, 6.45) is 1.98. The summed E-state index contributed by atoms with van der Waals surface area (Å²) in [4.78, 5) is 12.1. The van der Waals surface area contributed by atoms with Crippen LogP contribution in [0.5, 0.6) is 0 Å². The molecule has 2 N–H and O–H groups in total. The maximum Gasteiger partial charge on any atom is 0.286 e. The number of para-hydroxylation sites is 1. The minimum Gasteiger partial charge on any atom is -0.363 e. The molecule has 1 aromatic carbocycles. The van der Waals surface area contributed by atoms with Crippen molar-refractivity contribution >= 4 is 28.1 Å². The number of anilines is 2. The first-order valence-corrected chi connectivity index (χ1v) is 6.96. The van der Waals surface area contributed by atoms with E-state index in [1.54, 1.807) is 7.05 Å². The summed E-state index contributed by atoms with van der Waals surface area (Å²) >= 11 is 1.23. The van der Waals surface area contributed by atoms with Crippen LogP contribution in [0.1, 0.15) is 28.7 Å². The van der Waals surface area contributed by atoms with E-state index in [4.69, 9.17) is 0 Å². The Labute approximate surface area is 116 Å². The van der Waals surface area contributed by atoms with E-state index in [-0.39, 0.29) is 5.91 Å². The van der Waals surface area contributed by atoms with Crippen LogP contribution >= 0.6 is 11.3 Å². The van der Waals surface area contributed by atoms with Crippen molar-refractivity contribution in [2.24, 2.45) is 0 Å². The smallest absolute Gasteiger partial charge is 0.286 e. The summed E-state index contributed by atoms with van der Waals surface area (Å²) in [5, 5.41) is 14.4. The van der Waals surface area contributed by atoms with E-state index in [0.717, 1.165) is 24.1 Å². The first-order valence-electron chi connectivity index (χ1n) is 6.15. The molecule has 0 fully saturated rings. The number of aromatic nitrogens is 2. The molecule has 19 heavy (non-hydrogen) atoms. The van der Waals surface area contributed by atoms with Crippen molar-refractivity contribution in [3.8, 4) is 0 Å². The highest BCUT2D eigenvalue weighted by molar-refractivity contribution is 7.17. The summed E-state index contributed by atoms with van der Waals surface area (Å²) in [5.74, 6) is -0.220. The van der Waals surface area contributed by atoms with Crippen LogP contribution in [-0.2, 0) is 6.42 Å². The van der Waals surface area contributed by atoms with Crippen molar-refractivity contribution in [1.29, 1.82) is 0 Å². The lowest BCUT2D eigenvalue weighted by molar-refractivity contribution is 0.102. The Hall–Kier alpha value is -1.95. The van der Waals surface area contributed by atoms with Gasteiger partial charge in [0, 0.05) is 12.7 Å². The van der Waals surface area contributed by atoms with E-state index in [1.807, 2.05) is 24.3 Å². The van der Waals surface area contributed by atoms with Gasteiger partial charge in [0.25, 0.3) is 5.91 Å². The lowest BCUT2D eigenvalue weighted by atomic mass is 10.1. The number of carbonyl (C=O) groups excluding carboxylic acids is 1. The fourth-order valence-corrected chi connectivity index (χ4v) is 2.31. The summed E-state index contributed by atoms with van der Waals surface area (Å²) in [6, 6.07) is 7.82. The molecule has 0 bridgehead atoms. The molecule has 0 saturated carbocycles. The summed E-state index contributed by atoms with van der Waals surface area (Å²) < 4.78 is 0. The number of hydrogen-bond acceptors (Lipinski definition) is 5. The molecule has 0 aliphatic rings. The number of benzene rings is 1. The number of nitrogens with one attached hydrogen (secondary N) is 2. The van der Waals surface area contributed by atoms with Crippen molar-refractivity contribution in [2.75, 3.05) is 17.7 Å². The molecule has 0 saturated heterocycles. The standard InChI is InChI=1S/C13H16N4OS/c1-3-6-9-7-4-5-8-10(9)15-11(18)12-16-17-13(14-2)19-12/h4-5,7-8H,3,6H2,1-2H3,(H,14,17)(H,15,18). The van der Waals surface area contributed by atoms with Gasteiger partial charge in [-0.25, -0.2) is 0 Å². The zero-order chi connectivity index (χ0) is 13.7. The largest absolute Gasteiger partial charge is 0.363 e. The third-order valence-corrected chi connectivity index (χ3v) is 3.56. The van der Waals surface area contributed by atoms with Gasteiger partial charge in [-0.1, -0.05) is 42.9 Å². The Kier molecular flexibility index (Phi) is 4.46. The molecule has 1 amide bonds. The molecule has 0 spiro atoms. The number of hydrogen-bond donors (Lipinski definition) is 2. The normalized spacial score (nSPS) is 10.2. The van der Waals surface area contributed by atoms with Crippen molar-refractivity contribution in [3.63, 3.8) is 0 Å². The number of amides is 1. The fourth-order valence-electron chi connectivity index (χ4n) is 1.72. The Morgan fingerprint density at radius 2 is 2.11 bits per heavy atom. The topological polar surface area (TPSA) is 66.9 Å². The van der Waals surface area contributed by atoms with E-state index in [0.29, 0.717) is 10.1 Å².